The van der Waals surface area contributed by atoms with Crippen LogP contribution in [0.15, 0.2) is 52.6 Å². The molecule has 1 aliphatic rings. The van der Waals surface area contributed by atoms with Gasteiger partial charge < -0.3 is 5.21 Å². The van der Waals surface area contributed by atoms with Gasteiger partial charge in [0.25, 0.3) is 0 Å². The summed E-state index contributed by atoms with van der Waals surface area (Å²) in [6.07, 6.45) is 5.26. The Morgan fingerprint density at radius 3 is 2.20 bits per heavy atom. The second kappa shape index (κ2) is 4.55. The van der Waals surface area contributed by atoms with E-state index in [4.69, 9.17) is 5.21 Å². The molecule has 1 aromatic rings. The van der Waals surface area contributed by atoms with Crippen molar-refractivity contribution < 1.29 is 5.21 Å². The van der Waals surface area contributed by atoms with E-state index in [2.05, 4.69) is 10.1 Å². The van der Waals surface area contributed by atoms with Crippen molar-refractivity contribution >= 4 is 17.1 Å². The van der Waals surface area contributed by atoms with Gasteiger partial charge in [0.15, 0.2) is 0 Å². The second-order valence-corrected chi connectivity index (χ2v) is 3.36. The van der Waals surface area contributed by atoms with Crippen LogP contribution in [0.2, 0.25) is 0 Å². The van der Waals surface area contributed by atoms with E-state index in [0.717, 1.165) is 24.2 Å². The van der Waals surface area contributed by atoms with Crippen molar-refractivity contribution in [2.24, 2.45) is 10.1 Å². The Bertz CT molecular complexity index is 419. The molecular weight excluding hydrogens is 188 g/mol. The second-order valence-electron chi connectivity index (χ2n) is 3.36. The Hall–Kier alpha value is -1.90. The van der Waals surface area contributed by atoms with Crippen molar-refractivity contribution in [1.82, 2.24) is 0 Å². The van der Waals surface area contributed by atoms with E-state index in [9.17, 15) is 0 Å². The number of rotatable bonds is 1. The van der Waals surface area contributed by atoms with Gasteiger partial charge in [0.05, 0.1) is 11.4 Å². The molecule has 1 N–H and O–H groups in total. The van der Waals surface area contributed by atoms with Crippen LogP contribution in [0.1, 0.15) is 12.8 Å². The minimum atomic E-state index is 0.710. The van der Waals surface area contributed by atoms with Gasteiger partial charge in [-0.25, -0.2) is 0 Å². The van der Waals surface area contributed by atoms with Crippen LogP contribution < -0.4 is 0 Å². The summed E-state index contributed by atoms with van der Waals surface area (Å²) in [6, 6.07) is 9.84. The highest BCUT2D eigenvalue weighted by atomic mass is 16.4. The Kier molecular flexibility index (Phi) is 2.93. The summed E-state index contributed by atoms with van der Waals surface area (Å²) >= 11 is 0. The maximum Gasteiger partial charge on any atom is 0.0800 e. The molecule has 0 saturated heterocycles. The van der Waals surface area contributed by atoms with Crippen LogP contribution in [0.25, 0.3) is 0 Å². The quantitative estimate of drug-likeness (QED) is 0.549. The lowest BCUT2D eigenvalue weighted by Gasteiger charge is -2.07. The van der Waals surface area contributed by atoms with E-state index < -0.39 is 0 Å². The van der Waals surface area contributed by atoms with Crippen LogP contribution in [0.5, 0.6) is 0 Å². The summed E-state index contributed by atoms with van der Waals surface area (Å²) in [6.45, 7) is 0. The predicted molar refractivity (Wildman–Crippen MR) is 61.1 cm³/mol. The summed E-state index contributed by atoms with van der Waals surface area (Å²) in [4.78, 5) is 4.48. The lowest BCUT2D eigenvalue weighted by Crippen LogP contribution is -2.06. The lowest BCUT2D eigenvalue weighted by atomic mass is 10.0. The van der Waals surface area contributed by atoms with Crippen molar-refractivity contribution in [3.8, 4) is 0 Å². The number of nitrogens with zero attached hydrogens (tertiary/aromatic N) is 2. The average Bonchev–Trinajstić information content (AvgIpc) is 2.31. The molecule has 0 bridgehead atoms. The smallest absolute Gasteiger partial charge is 0.0800 e. The Morgan fingerprint density at radius 2 is 1.60 bits per heavy atom. The molecule has 1 aliphatic carbocycles. The SMILES string of the molecule is O/N=C1\C=CC(=Nc2ccccc2)CC1. The van der Waals surface area contributed by atoms with Crippen LogP contribution in [-0.2, 0) is 0 Å². The first-order valence-corrected chi connectivity index (χ1v) is 4.90. The molecule has 0 saturated carbocycles. The number of aliphatic imine (C=N–C) groups is 1. The fraction of sp³-hybridized carbons (Fsp3) is 0.167. The first-order chi connectivity index (χ1) is 7.38. The van der Waals surface area contributed by atoms with Crippen LogP contribution in [0.4, 0.5) is 5.69 Å². The normalized spacial score (nSPS) is 21.1. The molecule has 0 fully saturated rings. The van der Waals surface area contributed by atoms with Gasteiger partial charge in [0, 0.05) is 5.71 Å². The van der Waals surface area contributed by atoms with E-state index in [1.807, 2.05) is 36.4 Å². The maximum absolute atomic E-state index is 8.56. The molecule has 2 rings (SSSR count). The minimum Gasteiger partial charge on any atom is -0.411 e. The van der Waals surface area contributed by atoms with Gasteiger partial charge in [-0.1, -0.05) is 23.4 Å². The highest BCUT2D eigenvalue weighted by Gasteiger charge is 2.06. The van der Waals surface area contributed by atoms with E-state index in [-0.39, 0.29) is 0 Å². The van der Waals surface area contributed by atoms with E-state index in [1.54, 1.807) is 6.08 Å². The predicted octanol–water partition coefficient (Wildman–Crippen LogP) is 2.94. The molecule has 0 radical (unpaired) electrons. The average molecular weight is 200 g/mol. The van der Waals surface area contributed by atoms with Crippen LogP contribution in [0, 0.1) is 0 Å². The van der Waals surface area contributed by atoms with Crippen molar-refractivity contribution in [3.05, 3.63) is 42.5 Å². The Labute approximate surface area is 88.5 Å². The monoisotopic (exact) mass is 200 g/mol. The van der Waals surface area contributed by atoms with E-state index in [0.29, 0.717) is 5.71 Å². The van der Waals surface area contributed by atoms with Gasteiger partial charge in [0.1, 0.15) is 0 Å². The minimum absolute atomic E-state index is 0.710. The summed E-state index contributed by atoms with van der Waals surface area (Å²) in [5.41, 5.74) is 2.69. The molecule has 1 aromatic carbocycles. The van der Waals surface area contributed by atoms with Crippen molar-refractivity contribution in [2.45, 2.75) is 12.8 Å². The number of allylic oxidation sites excluding steroid dienone is 2. The zero-order chi connectivity index (χ0) is 10.5. The Morgan fingerprint density at radius 1 is 0.933 bits per heavy atom. The number of hydrogen-bond donors (Lipinski definition) is 1. The molecular formula is C12H12N2O. The van der Waals surface area contributed by atoms with Gasteiger partial charge in [-0.3, -0.25) is 4.99 Å². The van der Waals surface area contributed by atoms with Gasteiger partial charge in [-0.05, 0) is 37.1 Å². The Balaban J connectivity index is 2.17. The molecule has 76 valence electrons. The number of hydrogen-bond acceptors (Lipinski definition) is 3. The fourth-order valence-corrected chi connectivity index (χ4v) is 1.46. The standard InChI is InChI=1S/C12H12N2O/c15-14-12-8-6-11(7-9-12)13-10-4-2-1-3-5-10/h1-6,8,15H,7,9H2/b13-11?,14-12+. The summed E-state index contributed by atoms with van der Waals surface area (Å²) in [5, 5.41) is 11.7. The van der Waals surface area contributed by atoms with Gasteiger partial charge in [-0.2, -0.15) is 0 Å². The van der Waals surface area contributed by atoms with Crippen LogP contribution >= 0.6 is 0 Å². The molecule has 0 unspecified atom stereocenters. The third-order valence-electron chi connectivity index (χ3n) is 2.26. The molecule has 15 heavy (non-hydrogen) atoms. The molecule has 0 spiro atoms. The van der Waals surface area contributed by atoms with Gasteiger partial charge in [0.2, 0.25) is 0 Å². The first-order valence-electron chi connectivity index (χ1n) is 4.90. The van der Waals surface area contributed by atoms with Gasteiger partial charge in [-0.15, -0.1) is 0 Å². The van der Waals surface area contributed by atoms with Gasteiger partial charge >= 0.3 is 0 Å². The molecule has 0 atom stereocenters. The van der Waals surface area contributed by atoms with Crippen molar-refractivity contribution in [2.75, 3.05) is 0 Å². The highest BCUT2D eigenvalue weighted by Crippen LogP contribution is 2.14. The first kappa shape index (κ1) is 9.65. The van der Waals surface area contributed by atoms with Crippen LogP contribution in [-0.4, -0.2) is 16.6 Å². The maximum atomic E-state index is 8.56. The third kappa shape index (κ3) is 2.53. The lowest BCUT2D eigenvalue weighted by molar-refractivity contribution is 0.318. The number of para-hydroxylation sites is 1. The zero-order valence-corrected chi connectivity index (χ0v) is 8.30. The van der Waals surface area contributed by atoms with Crippen molar-refractivity contribution in [3.63, 3.8) is 0 Å². The fourth-order valence-electron chi connectivity index (χ4n) is 1.46. The summed E-state index contributed by atoms with van der Waals surface area (Å²) in [5.74, 6) is 0. The zero-order valence-electron chi connectivity index (χ0n) is 8.30. The molecule has 3 heteroatoms. The molecule has 0 aliphatic heterocycles. The molecule has 0 heterocycles. The third-order valence-corrected chi connectivity index (χ3v) is 2.26. The summed E-state index contributed by atoms with van der Waals surface area (Å²) < 4.78 is 0. The molecule has 3 nitrogen and oxygen atoms in total. The number of benzene rings is 1. The number of oxime groups is 1. The topological polar surface area (TPSA) is 45.0 Å². The van der Waals surface area contributed by atoms with Crippen LogP contribution in [0.3, 0.4) is 0 Å². The highest BCUT2D eigenvalue weighted by molar-refractivity contribution is 6.09. The summed E-state index contributed by atoms with van der Waals surface area (Å²) in [7, 11) is 0. The van der Waals surface area contributed by atoms with E-state index >= 15 is 0 Å². The molecule has 0 aromatic heterocycles. The molecule has 0 amide bonds. The largest absolute Gasteiger partial charge is 0.411 e. The van der Waals surface area contributed by atoms with E-state index in [1.165, 1.54) is 0 Å². The van der Waals surface area contributed by atoms with Crippen molar-refractivity contribution in [1.29, 1.82) is 0 Å².